The Balaban J connectivity index is 2.25. The largest absolute Gasteiger partial charge is 0.496 e. The fourth-order valence-electron chi connectivity index (χ4n) is 2.80. The first-order valence-corrected chi connectivity index (χ1v) is 10.6. The van der Waals surface area contributed by atoms with Crippen molar-refractivity contribution in [3.8, 4) is 5.75 Å². The van der Waals surface area contributed by atoms with Gasteiger partial charge in [-0.1, -0.05) is 36.7 Å². The molecule has 0 heterocycles. The number of para-hydroxylation sites is 1. The molecule has 1 N–H and O–H groups in total. The summed E-state index contributed by atoms with van der Waals surface area (Å²) in [5.74, 6) is 0.271. The molecule has 8 heteroatoms. The van der Waals surface area contributed by atoms with E-state index in [4.69, 9.17) is 16.3 Å². The van der Waals surface area contributed by atoms with E-state index in [0.717, 1.165) is 16.1 Å². The number of carbonyl (C=O) groups excluding carboxylic acids is 1. The van der Waals surface area contributed by atoms with Crippen molar-refractivity contribution in [2.24, 2.45) is 0 Å². The van der Waals surface area contributed by atoms with E-state index < -0.39 is 16.1 Å². The van der Waals surface area contributed by atoms with E-state index in [1.807, 2.05) is 18.2 Å². The van der Waals surface area contributed by atoms with E-state index in [-0.39, 0.29) is 12.5 Å². The van der Waals surface area contributed by atoms with Crippen LogP contribution in [0.2, 0.25) is 5.02 Å². The first-order valence-electron chi connectivity index (χ1n) is 8.42. The van der Waals surface area contributed by atoms with Crippen molar-refractivity contribution in [1.82, 2.24) is 5.32 Å². The summed E-state index contributed by atoms with van der Waals surface area (Å²) in [6.45, 7) is 2.00. The molecular weight excluding hydrogens is 388 g/mol. The Hall–Kier alpha value is -2.25. The van der Waals surface area contributed by atoms with Crippen molar-refractivity contribution in [2.45, 2.75) is 25.9 Å². The number of anilines is 1. The molecule has 0 saturated carbocycles. The van der Waals surface area contributed by atoms with Gasteiger partial charge in [-0.3, -0.25) is 9.10 Å². The maximum Gasteiger partial charge on any atom is 0.244 e. The van der Waals surface area contributed by atoms with Crippen LogP contribution in [0.5, 0.6) is 5.75 Å². The number of halogens is 1. The molecule has 6 nitrogen and oxygen atoms in total. The highest BCUT2D eigenvalue weighted by atomic mass is 35.5. The highest BCUT2D eigenvalue weighted by Gasteiger charge is 2.31. The van der Waals surface area contributed by atoms with Gasteiger partial charge in [-0.25, -0.2) is 8.42 Å². The highest BCUT2D eigenvalue weighted by Crippen LogP contribution is 2.24. The number of ether oxygens (including phenoxy) is 1. The first kappa shape index (κ1) is 21.1. The molecule has 0 spiro atoms. The molecule has 0 aromatic heterocycles. The van der Waals surface area contributed by atoms with Crippen molar-refractivity contribution < 1.29 is 17.9 Å². The van der Waals surface area contributed by atoms with Crippen molar-refractivity contribution in [3.05, 3.63) is 59.1 Å². The van der Waals surface area contributed by atoms with Crippen LogP contribution in [0.1, 0.15) is 18.9 Å². The van der Waals surface area contributed by atoms with Crippen LogP contribution >= 0.6 is 11.6 Å². The lowest BCUT2D eigenvalue weighted by Gasteiger charge is -2.30. The van der Waals surface area contributed by atoms with E-state index in [1.165, 1.54) is 0 Å². The second-order valence-electron chi connectivity index (χ2n) is 5.99. The Morgan fingerprint density at radius 2 is 1.81 bits per heavy atom. The lowest BCUT2D eigenvalue weighted by atomic mass is 10.1. The molecule has 1 atom stereocenters. The number of nitrogens with zero attached hydrogens (tertiary/aromatic N) is 1. The molecular formula is C19H23ClN2O4S. The van der Waals surface area contributed by atoms with Crippen LogP contribution in [0.3, 0.4) is 0 Å². The van der Waals surface area contributed by atoms with Crippen LogP contribution in [0.15, 0.2) is 48.5 Å². The third-order valence-corrected chi connectivity index (χ3v) is 5.49. The molecule has 2 rings (SSSR count). The summed E-state index contributed by atoms with van der Waals surface area (Å²) in [5, 5.41) is 3.29. The molecule has 2 aromatic carbocycles. The number of amides is 1. The first-order chi connectivity index (χ1) is 12.8. The van der Waals surface area contributed by atoms with Crippen LogP contribution in [0.25, 0.3) is 0 Å². The van der Waals surface area contributed by atoms with E-state index in [1.54, 1.807) is 44.4 Å². The molecule has 0 aliphatic carbocycles. The summed E-state index contributed by atoms with van der Waals surface area (Å²) >= 11 is 5.89. The summed E-state index contributed by atoms with van der Waals surface area (Å²) < 4.78 is 31.2. The molecule has 0 aliphatic heterocycles. The van der Waals surface area contributed by atoms with E-state index >= 15 is 0 Å². The lowest BCUT2D eigenvalue weighted by molar-refractivity contribution is -0.122. The van der Waals surface area contributed by atoms with Crippen molar-refractivity contribution in [3.63, 3.8) is 0 Å². The number of benzene rings is 2. The number of carbonyl (C=O) groups is 1. The highest BCUT2D eigenvalue weighted by molar-refractivity contribution is 7.92. The minimum atomic E-state index is -3.68. The van der Waals surface area contributed by atoms with Gasteiger partial charge in [-0.15, -0.1) is 0 Å². The summed E-state index contributed by atoms with van der Waals surface area (Å²) in [6.07, 6.45) is 1.39. The Morgan fingerprint density at radius 1 is 1.19 bits per heavy atom. The Morgan fingerprint density at radius 3 is 2.37 bits per heavy atom. The topological polar surface area (TPSA) is 75.7 Å². The summed E-state index contributed by atoms with van der Waals surface area (Å²) in [4.78, 5) is 12.8. The molecule has 0 fully saturated rings. The van der Waals surface area contributed by atoms with Crippen LogP contribution < -0.4 is 14.4 Å². The van der Waals surface area contributed by atoms with Gasteiger partial charge in [0.15, 0.2) is 0 Å². The molecule has 2 aromatic rings. The average Bonchev–Trinajstić information content (AvgIpc) is 2.64. The zero-order valence-electron chi connectivity index (χ0n) is 15.5. The summed E-state index contributed by atoms with van der Waals surface area (Å²) in [5.41, 5.74) is 1.20. The second-order valence-corrected chi connectivity index (χ2v) is 8.28. The maximum atomic E-state index is 12.8. The van der Waals surface area contributed by atoms with E-state index in [9.17, 15) is 13.2 Å². The van der Waals surface area contributed by atoms with Gasteiger partial charge in [-0.05, 0) is 36.8 Å². The van der Waals surface area contributed by atoms with Gasteiger partial charge in [0.05, 0.1) is 19.1 Å². The monoisotopic (exact) mass is 410 g/mol. The Labute approximate surface area is 165 Å². The lowest BCUT2D eigenvalue weighted by Crippen LogP contribution is -2.49. The Kier molecular flexibility index (Phi) is 7.10. The minimum absolute atomic E-state index is 0.234. The Bertz CT molecular complexity index is 885. The quantitative estimate of drug-likeness (QED) is 0.725. The number of hydrogen-bond donors (Lipinski definition) is 1. The van der Waals surface area contributed by atoms with Gasteiger partial charge in [-0.2, -0.15) is 0 Å². The van der Waals surface area contributed by atoms with E-state index in [0.29, 0.717) is 22.9 Å². The van der Waals surface area contributed by atoms with Gasteiger partial charge < -0.3 is 10.1 Å². The predicted octanol–water partition coefficient (Wildman–Crippen LogP) is 3.21. The number of hydrogen-bond acceptors (Lipinski definition) is 4. The molecule has 0 radical (unpaired) electrons. The average molecular weight is 411 g/mol. The molecule has 1 amide bonds. The zero-order valence-corrected chi connectivity index (χ0v) is 17.0. The summed E-state index contributed by atoms with van der Waals surface area (Å²) in [7, 11) is -2.12. The number of sulfonamides is 1. The molecule has 0 aliphatic rings. The third-order valence-electron chi connectivity index (χ3n) is 4.06. The van der Waals surface area contributed by atoms with Crippen LogP contribution in [0, 0.1) is 0 Å². The second kappa shape index (κ2) is 9.10. The molecule has 27 heavy (non-hydrogen) atoms. The molecule has 0 saturated heterocycles. The van der Waals surface area contributed by atoms with Crippen LogP contribution in [0.4, 0.5) is 5.69 Å². The zero-order chi connectivity index (χ0) is 20.0. The standard InChI is InChI=1S/C19H23ClN2O4S/c1-4-17(19(23)21-13-14-7-5-6-8-18(14)26-2)22(27(3,24)25)16-11-9-15(20)10-12-16/h5-12,17H,4,13H2,1-3H3,(H,21,23). The third kappa shape index (κ3) is 5.37. The SMILES string of the molecule is CCC(C(=O)NCc1ccccc1OC)N(c1ccc(Cl)cc1)S(C)(=O)=O. The van der Waals surface area contributed by atoms with E-state index in [2.05, 4.69) is 5.32 Å². The van der Waals surface area contributed by atoms with Crippen molar-refractivity contribution >= 4 is 33.2 Å². The minimum Gasteiger partial charge on any atom is -0.496 e. The van der Waals surface area contributed by atoms with Crippen molar-refractivity contribution in [1.29, 1.82) is 0 Å². The number of nitrogens with one attached hydrogen (secondary N) is 1. The van der Waals surface area contributed by atoms with Gasteiger partial charge >= 0.3 is 0 Å². The van der Waals surface area contributed by atoms with Gasteiger partial charge in [0.25, 0.3) is 0 Å². The molecule has 0 bridgehead atoms. The fourth-order valence-corrected chi connectivity index (χ4v) is 4.14. The number of methoxy groups -OCH3 is 1. The maximum absolute atomic E-state index is 12.8. The fraction of sp³-hybridized carbons (Fsp3) is 0.316. The number of rotatable bonds is 8. The van der Waals surface area contributed by atoms with Gasteiger partial charge in [0.2, 0.25) is 15.9 Å². The molecule has 146 valence electrons. The van der Waals surface area contributed by atoms with Crippen molar-refractivity contribution in [2.75, 3.05) is 17.7 Å². The van der Waals surface area contributed by atoms with Crippen LogP contribution in [-0.4, -0.2) is 33.7 Å². The smallest absolute Gasteiger partial charge is 0.244 e. The predicted molar refractivity (Wildman–Crippen MR) is 108 cm³/mol. The van der Waals surface area contributed by atoms with Gasteiger partial charge in [0, 0.05) is 17.1 Å². The normalized spacial score (nSPS) is 12.3. The summed E-state index contributed by atoms with van der Waals surface area (Å²) in [6, 6.07) is 12.8. The van der Waals surface area contributed by atoms with Gasteiger partial charge in [0.1, 0.15) is 11.8 Å². The van der Waals surface area contributed by atoms with Crippen LogP contribution in [-0.2, 0) is 21.4 Å². The molecule has 1 unspecified atom stereocenters.